The number of benzene rings is 3. The third kappa shape index (κ3) is 4.90. The van der Waals surface area contributed by atoms with E-state index in [0.29, 0.717) is 40.6 Å². The number of para-hydroxylation sites is 1. The highest BCUT2D eigenvalue weighted by Gasteiger charge is 2.29. The first-order valence-corrected chi connectivity index (χ1v) is 12.6. The van der Waals surface area contributed by atoms with Crippen LogP contribution >= 0.6 is 0 Å². The smallest absolute Gasteiger partial charge is 0.264 e. The van der Waals surface area contributed by atoms with Crippen LogP contribution in [0, 0.1) is 0 Å². The molecule has 1 N–H and O–H groups in total. The van der Waals surface area contributed by atoms with Gasteiger partial charge in [0.25, 0.3) is 15.9 Å². The highest BCUT2D eigenvalue weighted by Crippen LogP contribution is 2.35. The van der Waals surface area contributed by atoms with Crippen molar-refractivity contribution in [2.45, 2.75) is 24.3 Å². The summed E-state index contributed by atoms with van der Waals surface area (Å²) in [5, 5.41) is 2.84. The van der Waals surface area contributed by atoms with Crippen molar-refractivity contribution in [2.24, 2.45) is 0 Å². The van der Waals surface area contributed by atoms with Gasteiger partial charge < -0.3 is 19.5 Å². The first-order valence-electron chi connectivity index (χ1n) is 11.2. The van der Waals surface area contributed by atoms with Gasteiger partial charge in [0.05, 0.1) is 31.9 Å². The van der Waals surface area contributed by atoms with E-state index in [0.717, 1.165) is 18.4 Å². The second-order valence-electron chi connectivity index (χ2n) is 8.04. The summed E-state index contributed by atoms with van der Waals surface area (Å²) < 4.78 is 44.1. The number of nitrogens with zero attached hydrogens (tertiary/aromatic N) is 1. The van der Waals surface area contributed by atoms with Crippen molar-refractivity contribution in [3.8, 4) is 17.2 Å². The Morgan fingerprint density at radius 2 is 1.57 bits per heavy atom. The largest absolute Gasteiger partial charge is 0.496 e. The summed E-state index contributed by atoms with van der Waals surface area (Å²) in [6.45, 7) is 0.613. The summed E-state index contributed by atoms with van der Waals surface area (Å²) in [5.74, 6) is 1.25. The topological polar surface area (TPSA) is 94.2 Å². The zero-order valence-electron chi connectivity index (χ0n) is 19.9. The second-order valence-corrected chi connectivity index (χ2v) is 9.90. The Morgan fingerprint density at radius 1 is 0.914 bits per heavy atom. The molecule has 1 aliphatic heterocycles. The number of rotatable bonds is 8. The zero-order chi connectivity index (χ0) is 25.0. The molecule has 0 atom stereocenters. The number of hydrogen-bond donors (Lipinski definition) is 1. The second kappa shape index (κ2) is 10.3. The molecule has 0 aromatic heterocycles. The molecule has 0 unspecified atom stereocenters. The lowest BCUT2D eigenvalue weighted by Gasteiger charge is -2.30. The van der Waals surface area contributed by atoms with Crippen molar-refractivity contribution >= 4 is 21.6 Å². The molecule has 0 fully saturated rings. The number of aryl methyl sites for hydroxylation is 1. The predicted molar refractivity (Wildman–Crippen MR) is 133 cm³/mol. The average Bonchev–Trinajstić information content (AvgIpc) is 2.90. The molecule has 0 bridgehead atoms. The van der Waals surface area contributed by atoms with Gasteiger partial charge in [-0.1, -0.05) is 18.2 Å². The summed E-state index contributed by atoms with van der Waals surface area (Å²) in [5.41, 5.74) is 2.79. The number of fused-ring (bicyclic) bond motifs is 1. The number of carbonyl (C=O) groups excluding carboxylic acids is 1. The van der Waals surface area contributed by atoms with Crippen LogP contribution in [-0.4, -0.2) is 42.2 Å². The Labute approximate surface area is 205 Å². The molecule has 0 spiro atoms. The molecule has 4 rings (SSSR count). The van der Waals surface area contributed by atoms with Crippen LogP contribution in [0.25, 0.3) is 0 Å². The molecule has 1 aliphatic rings. The molecule has 8 nitrogen and oxygen atoms in total. The highest BCUT2D eigenvalue weighted by molar-refractivity contribution is 7.92. The first-order chi connectivity index (χ1) is 16.9. The lowest BCUT2D eigenvalue weighted by Crippen LogP contribution is -2.35. The minimum atomic E-state index is -3.74. The van der Waals surface area contributed by atoms with E-state index in [9.17, 15) is 13.2 Å². The van der Waals surface area contributed by atoms with Gasteiger partial charge in [-0.25, -0.2) is 8.42 Å². The van der Waals surface area contributed by atoms with Crippen molar-refractivity contribution in [3.63, 3.8) is 0 Å². The fourth-order valence-electron chi connectivity index (χ4n) is 4.16. The van der Waals surface area contributed by atoms with Gasteiger partial charge in [-0.15, -0.1) is 0 Å². The van der Waals surface area contributed by atoms with Gasteiger partial charge in [-0.05, 0) is 54.8 Å². The minimum Gasteiger partial charge on any atom is -0.496 e. The molecule has 9 heteroatoms. The van der Waals surface area contributed by atoms with Crippen molar-refractivity contribution in [3.05, 3.63) is 77.4 Å². The fourth-order valence-corrected chi connectivity index (χ4v) is 5.70. The Bertz CT molecular complexity index is 1320. The van der Waals surface area contributed by atoms with Crippen LogP contribution in [0.1, 0.15) is 27.9 Å². The zero-order valence-corrected chi connectivity index (χ0v) is 20.7. The average molecular weight is 497 g/mol. The van der Waals surface area contributed by atoms with Gasteiger partial charge in [0.2, 0.25) is 0 Å². The number of amides is 1. The van der Waals surface area contributed by atoms with Crippen LogP contribution in [0.15, 0.2) is 65.6 Å². The molecule has 1 amide bonds. The Hall–Kier alpha value is -3.72. The van der Waals surface area contributed by atoms with E-state index in [-0.39, 0.29) is 17.3 Å². The number of sulfonamides is 1. The summed E-state index contributed by atoms with van der Waals surface area (Å²) in [7, 11) is 0.864. The van der Waals surface area contributed by atoms with Crippen molar-refractivity contribution in [1.82, 2.24) is 5.32 Å². The van der Waals surface area contributed by atoms with Crippen LogP contribution in [0.4, 0.5) is 5.69 Å². The number of nitrogens with one attached hydrogen (secondary N) is 1. The molecule has 184 valence electrons. The molecule has 0 aliphatic carbocycles. The quantitative estimate of drug-likeness (QED) is 0.510. The number of anilines is 1. The van der Waals surface area contributed by atoms with Crippen LogP contribution in [-0.2, 0) is 23.0 Å². The third-order valence-corrected chi connectivity index (χ3v) is 7.83. The molecule has 0 saturated heterocycles. The van der Waals surface area contributed by atoms with E-state index < -0.39 is 10.0 Å². The number of ether oxygens (including phenoxy) is 3. The highest BCUT2D eigenvalue weighted by atomic mass is 32.2. The van der Waals surface area contributed by atoms with E-state index in [1.165, 1.54) is 49.9 Å². The van der Waals surface area contributed by atoms with Gasteiger partial charge in [0.15, 0.2) is 11.5 Å². The lowest BCUT2D eigenvalue weighted by molar-refractivity contribution is 0.0950. The van der Waals surface area contributed by atoms with Crippen molar-refractivity contribution in [1.29, 1.82) is 0 Å². The number of methoxy groups -OCH3 is 3. The Balaban J connectivity index is 1.49. The molecule has 0 saturated carbocycles. The summed E-state index contributed by atoms with van der Waals surface area (Å²) in [4.78, 5) is 12.9. The summed E-state index contributed by atoms with van der Waals surface area (Å²) >= 11 is 0. The maximum absolute atomic E-state index is 13.3. The van der Waals surface area contributed by atoms with E-state index in [4.69, 9.17) is 14.2 Å². The minimum absolute atomic E-state index is 0.146. The molecule has 3 aromatic carbocycles. The number of carbonyl (C=O) groups is 1. The molecule has 3 aromatic rings. The Kier molecular flexibility index (Phi) is 7.16. The SMILES string of the molecule is COc1cc(OC)c(OC)cc1CNC(=O)c1ccc(S(=O)(=O)N2CCCc3ccccc32)cc1. The first kappa shape index (κ1) is 24.4. The monoisotopic (exact) mass is 496 g/mol. The lowest BCUT2D eigenvalue weighted by atomic mass is 10.0. The van der Waals surface area contributed by atoms with Gasteiger partial charge in [-0.2, -0.15) is 0 Å². The van der Waals surface area contributed by atoms with E-state index in [1.807, 2.05) is 24.3 Å². The van der Waals surface area contributed by atoms with Crippen molar-refractivity contribution in [2.75, 3.05) is 32.2 Å². The molecule has 35 heavy (non-hydrogen) atoms. The van der Waals surface area contributed by atoms with Crippen LogP contribution in [0.3, 0.4) is 0 Å². The molecular formula is C26H28N2O6S. The summed E-state index contributed by atoms with van der Waals surface area (Å²) in [6.07, 6.45) is 1.61. The molecule has 1 heterocycles. The predicted octanol–water partition coefficient (Wildman–Crippen LogP) is 3.78. The van der Waals surface area contributed by atoms with Crippen LogP contribution < -0.4 is 23.8 Å². The van der Waals surface area contributed by atoms with Crippen LogP contribution in [0.2, 0.25) is 0 Å². The number of hydrogen-bond acceptors (Lipinski definition) is 6. The fraction of sp³-hybridized carbons (Fsp3) is 0.269. The maximum atomic E-state index is 13.3. The van der Waals surface area contributed by atoms with E-state index in [1.54, 1.807) is 12.1 Å². The third-order valence-electron chi connectivity index (χ3n) is 6.00. The van der Waals surface area contributed by atoms with Crippen molar-refractivity contribution < 1.29 is 27.4 Å². The van der Waals surface area contributed by atoms with Crippen LogP contribution in [0.5, 0.6) is 17.2 Å². The van der Waals surface area contributed by atoms with Gasteiger partial charge in [-0.3, -0.25) is 9.10 Å². The van der Waals surface area contributed by atoms with Gasteiger partial charge in [0, 0.05) is 30.3 Å². The van der Waals surface area contributed by atoms with E-state index in [2.05, 4.69) is 5.32 Å². The standard InChI is InChI=1S/C26H28N2O6S/c1-32-23-16-25(34-3)24(33-2)15-20(23)17-27-26(29)19-10-12-21(13-11-19)35(30,31)28-14-6-8-18-7-4-5-9-22(18)28/h4-5,7,9-13,15-16H,6,8,14,17H2,1-3H3,(H,27,29). The van der Waals surface area contributed by atoms with Gasteiger partial charge >= 0.3 is 0 Å². The molecular weight excluding hydrogens is 468 g/mol. The van der Waals surface area contributed by atoms with E-state index >= 15 is 0 Å². The maximum Gasteiger partial charge on any atom is 0.264 e. The normalized spacial score (nSPS) is 13.1. The molecule has 0 radical (unpaired) electrons. The summed E-state index contributed by atoms with van der Waals surface area (Å²) in [6, 6.07) is 17.0. The van der Waals surface area contributed by atoms with Gasteiger partial charge in [0.1, 0.15) is 5.75 Å². The Morgan fingerprint density at radius 3 is 2.26 bits per heavy atom.